The monoisotopic (exact) mass is 319 g/mol. The number of rotatable bonds is 6. The van der Waals surface area contributed by atoms with Gasteiger partial charge in [-0.1, -0.05) is 0 Å². The van der Waals surface area contributed by atoms with Gasteiger partial charge in [-0.15, -0.1) is 11.3 Å². The molecule has 0 radical (unpaired) electrons. The number of carbonyl (C=O) groups is 1. The number of hydrogen-bond donors (Lipinski definition) is 1. The summed E-state index contributed by atoms with van der Waals surface area (Å²) in [4.78, 5) is 18.6. The van der Waals surface area contributed by atoms with Gasteiger partial charge in [-0.05, 0) is 32.6 Å². The molecule has 6 heteroatoms. The van der Waals surface area contributed by atoms with Crippen LogP contribution in [-0.2, 0) is 19.4 Å². The third kappa shape index (κ3) is 2.88. The van der Waals surface area contributed by atoms with Gasteiger partial charge < -0.3 is 14.6 Å². The lowest BCUT2D eigenvalue weighted by Crippen LogP contribution is -2.25. The number of imidazole rings is 1. The zero-order valence-corrected chi connectivity index (χ0v) is 13.8. The van der Waals surface area contributed by atoms with E-state index in [0.717, 1.165) is 42.3 Å². The molecular formula is C16H21N3O2S. The van der Waals surface area contributed by atoms with Crippen molar-refractivity contribution >= 4 is 17.2 Å². The number of carbonyl (C=O) groups excluding carboxylic acids is 1. The fourth-order valence-corrected chi connectivity index (χ4v) is 4.19. The molecule has 0 bridgehead atoms. The molecule has 1 aliphatic rings. The van der Waals surface area contributed by atoms with Crippen LogP contribution in [0.3, 0.4) is 0 Å². The molecule has 3 rings (SSSR count). The van der Waals surface area contributed by atoms with Crippen LogP contribution in [0.5, 0.6) is 5.75 Å². The lowest BCUT2D eigenvalue weighted by Gasteiger charge is -2.08. The second kappa shape index (κ2) is 6.52. The number of aryl methyl sites for hydroxylation is 3. The molecule has 2 heterocycles. The van der Waals surface area contributed by atoms with Crippen LogP contribution in [0.4, 0.5) is 0 Å². The Hall–Kier alpha value is -1.82. The van der Waals surface area contributed by atoms with Gasteiger partial charge >= 0.3 is 0 Å². The highest BCUT2D eigenvalue weighted by Gasteiger charge is 2.26. The van der Waals surface area contributed by atoms with Gasteiger partial charge in [0.05, 0.1) is 7.11 Å². The average Bonchev–Trinajstić information content (AvgIpc) is 3.18. The summed E-state index contributed by atoms with van der Waals surface area (Å²) in [6, 6.07) is 0. The average molecular weight is 319 g/mol. The van der Waals surface area contributed by atoms with Crippen molar-refractivity contribution in [1.82, 2.24) is 14.9 Å². The Labute approximate surface area is 134 Å². The summed E-state index contributed by atoms with van der Waals surface area (Å²) >= 11 is 1.59. The molecule has 0 saturated heterocycles. The summed E-state index contributed by atoms with van der Waals surface area (Å²) in [5.41, 5.74) is 1.24. The van der Waals surface area contributed by atoms with Gasteiger partial charge in [-0.2, -0.15) is 0 Å². The zero-order valence-electron chi connectivity index (χ0n) is 13.0. The van der Waals surface area contributed by atoms with Crippen molar-refractivity contribution in [3.63, 3.8) is 0 Å². The number of nitrogens with zero attached hydrogens (tertiary/aromatic N) is 2. The van der Waals surface area contributed by atoms with E-state index >= 15 is 0 Å². The first-order chi connectivity index (χ1) is 10.7. The van der Waals surface area contributed by atoms with Crippen LogP contribution in [0, 0.1) is 6.92 Å². The van der Waals surface area contributed by atoms with E-state index in [4.69, 9.17) is 4.74 Å². The van der Waals surface area contributed by atoms with Crippen molar-refractivity contribution in [2.45, 2.75) is 39.2 Å². The second-order valence-electron chi connectivity index (χ2n) is 5.50. The number of nitrogens with one attached hydrogen (secondary N) is 1. The molecule has 0 unspecified atom stereocenters. The maximum Gasteiger partial charge on any atom is 0.265 e. The molecule has 0 aliphatic heterocycles. The minimum atomic E-state index is -0.0152. The van der Waals surface area contributed by atoms with E-state index in [9.17, 15) is 4.79 Å². The maximum atomic E-state index is 12.4. The number of hydrogen-bond acceptors (Lipinski definition) is 4. The highest BCUT2D eigenvalue weighted by molar-refractivity contribution is 7.14. The van der Waals surface area contributed by atoms with Gasteiger partial charge in [0.2, 0.25) is 0 Å². The Morgan fingerprint density at radius 1 is 1.50 bits per heavy atom. The number of amides is 1. The van der Waals surface area contributed by atoms with Gasteiger partial charge in [-0.3, -0.25) is 4.79 Å². The quantitative estimate of drug-likeness (QED) is 0.833. The van der Waals surface area contributed by atoms with E-state index < -0.39 is 0 Å². The smallest absolute Gasteiger partial charge is 0.265 e. The van der Waals surface area contributed by atoms with E-state index in [0.29, 0.717) is 6.54 Å². The van der Waals surface area contributed by atoms with Gasteiger partial charge in [0.25, 0.3) is 5.91 Å². The minimum absolute atomic E-state index is 0.0152. The van der Waals surface area contributed by atoms with Crippen LogP contribution >= 0.6 is 11.3 Å². The van der Waals surface area contributed by atoms with Crippen LogP contribution in [-0.4, -0.2) is 29.1 Å². The minimum Gasteiger partial charge on any atom is -0.495 e. The fraction of sp³-hybridized carbons (Fsp3) is 0.500. The van der Waals surface area contributed by atoms with Crippen LogP contribution < -0.4 is 10.1 Å². The van der Waals surface area contributed by atoms with E-state index in [1.807, 2.05) is 13.1 Å². The summed E-state index contributed by atoms with van der Waals surface area (Å²) in [6.07, 6.45) is 7.92. The first-order valence-corrected chi connectivity index (χ1v) is 8.47. The molecule has 1 aliphatic carbocycles. The van der Waals surface area contributed by atoms with Crippen molar-refractivity contribution in [3.8, 4) is 5.75 Å². The number of methoxy groups -OCH3 is 1. The molecule has 22 heavy (non-hydrogen) atoms. The van der Waals surface area contributed by atoms with Crippen molar-refractivity contribution in [1.29, 1.82) is 0 Å². The highest BCUT2D eigenvalue weighted by atomic mass is 32.1. The molecule has 1 N–H and O–H groups in total. The summed E-state index contributed by atoms with van der Waals surface area (Å²) in [7, 11) is 1.65. The van der Waals surface area contributed by atoms with Crippen molar-refractivity contribution in [2.24, 2.45) is 0 Å². The topological polar surface area (TPSA) is 56.1 Å². The molecule has 2 aromatic heterocycles. The molecule has 2 aromatic rings. The summed E-state index contributed by atoms with van der Waals surface area (Å²) in [5.74, 6) is 1.78. The molecule has 5 nitrogen and oxygen atoms in total. The van der Waals surface area contributed by atoms with Gasteiger partial charge in [-0.25, -0.2) is 4.98 Å². The number of fused-ring (bicyclic) bond motifs is 1. The molecule has 0 fully saturated rings. The van der Waals surface area contributed by atoms with E-state index in [1.54, 1.807) is 24.6 Å². The Bertz CT molecular complexity index is 675. The van der Waals surface area contributed by atoms with Crippen molar-refractivity contribution < 1.29 is 9.53 Å². The SMILES string of the molecule is COc1c(C(=O)NCCCn2ccnc2C)sc2c1CCC2. The lowest BCUT2D eigenvalue weighted by atomic mass is 10.2. The highest BCUT2D eigenvalue weighted by Crippen LogP contribution is 2.40. The predicted octanol–water partition coefficient (Wildman–Crippen LogP) is 2.57. The molecule has 0 saturated carbocycles. The number of ether oxygens (including phenoxy) is 1. The summed E-state index contributed by atoms with van der Waals surface area (Å²) in [5, 5.41) is 3.00. The Balaban J connectivity index is 1.55. The van der Waals surface area contributed by atoms with Crippen LogP contribution in [0.15, 0.2) is 12.4 Å². The van der Waals surface area contributed by atoms with Crippen LogP contribution in [0.1, 0.15) is 38.8 Å². The predicted molar refractivity (Wildman–Crippen MR) is 86.8 cm³/mol. The standard InChI is InChI=1S/C16H21N3O2S/c1-11-17-8-10-19(11)9-4-7-18-16(20)15-14(21-2)12-5-3-6-13(12)22-15/h8,10H,3-7,9H2,1-2H3,(H,18,20). The number of thiophene rings is 1. The molecule has 0 spiro atoms. The summed E-state index contributed by atoms with van der Waals surface area (Å²) in [6.45, 7) is 3.50. The second-order valence-corrected chi connectivity index (χ2v) is 6.60. The summed E-state index contributed by atoms with van der Waals surface area (Å²) < 4.78 is 7.56. The van der Waals surface area contributed by atoms with Gasteiger partial charge in [0, 0.05) is 35.9 Å². The molecule has 118 valence electrons. The third-order valence-corrected chi connectivity index (χ3v) is 5.34. The first kappa shape index (κ1) is 15.1. The first-order valence-electron chi connectivity index (χ1n) is 7.65. The van der Waals surface area contributed by atoms with Gasteiger partial charge in [0.15, 0.2) is 0 Å². The van der Waals surface area contributed by atoms with E-state index in [1.165, 1.54) is 16.9 Å². The van der Waals surface area contributed by atoms with Crippen molar-refractivity contribution in [2.75, 3.05) is 13.7 Å². The lowest BCUT2D eigenvalue weighted by molar-refractivity contribution is 0.0954. The molecule has 0 atom stereocenters. The van der Waals surface area contributed by atoms with Crippen molar-refractivity contribution in [3.05, 3.63) is 33.5 Å². The van der Waals surface area contributed by atoms with Gasteiger partial charge in [0.1, 0.15) is 16.5 Å². The molecular weight excluding hydrogens is 298 g/mol. The van der Waals surface area contributed by atoms with E-state index in [-0.39, 0.29) is 5.91 Å². The third-order valence-electron chi connectivity index (χ3n) is 4.07. The van der Waals surface area contributed by atoms with Crippen LogP contribution in [0.2, 0.25) is 0 Å². The molecule has 0 aromatic carbocycles. The van der Waals surface area contributed by atoms with Crippen LogP contribution in [0.25, 0.3) is 0 Å². The Morgan fingerprint density at radius 2 is 2.36 bits per heavy atom. The van der Waals surface area contributed by atoms with E-state index in [2.05, 4.69) is 14.9 Å². The molecule has 1 amide bonds. The largest absolute Gasteiger partial charge is 0.495 e. The number of aromatic nitrogens is 2. The zero-order chi connectivity index (χ0) is 15.5. The normalized spacial score (nSPS) is 13.2. The Morgan fingerprint density at radius 3 is 3.09 bits per heavy atom. The fourth-order valence-electron chi connectivity index (χ4n) is 2.91. The maximum absolute atomic E-state index is 12.4. The Kier molecular flexibility index (Phi) is 4.47.